The molecular weight excluding hydrogens is 342 g/mol. The van der Waals surface area contributed by atoms with Crippen molar-refractivity contribution in [2.24, 2.45) is 4.99 Å². The molecule has 2 heterocycles. The zero-order valence-electron chi connectivity index (χ0n) is 16.6. The number of nitrogens with zero attached hydrogens (tertiary/aromatic N) is 3. The second-order valence-corrected chi connectivity index (χ2v) is 7.41. The molecule has 0 fully saturated rings. The maximum absolute atomic E-state index is 11.5. The van der Waals surface area contributed by atoms with E-state index in [1.807, 2.05) is 0 Å². The summed E-state index contributed by atoms with van der Waals surface area (Å²) in [6, 6.07) is 0.668. The molecule has 0 aromatic carbocycles. The number of aldehydes is 1. The standard InChI is InChI=1S/C21H29N3O3/c1-14(2)24-15(3)23-9-19(24)17-8-6-5-7-16(17)13-27-21-11-22-10-20(26-4)18(21)12-25/h9-12,14-15,19H,5-8,13H2,1-4H3. The molecule has 3 rings (SSSR count). The number of hydrogen-bond acceptors (Lipinski definition) is 6. The van der Waals surface area contributed by atoms with Crippen LogP contribution in [0, 0.1) is 0 Å². The summed E-state index contributed by atoms with van der Waals surface area (Å²) >= 11 is 0. The number of rotatable bonds is 7. The van der Waals surface area contributed by atoms with Gasteiger partial charge in [-0.05, 0) is 57.6 Å². The van der Waals surface area contributed by atoms with E-state index in [0.717, 1.165) is 19.1 Å². The van der Waals surface area contributed by atoms with Crippen molar-refractivity contribution in [3.8, 4) is 11.5 Å². The monoisotopic (exact) mass is 371 g/mol. The number of hydrogen-bond donors (Lipinski definition) is 0. The Morgan fingerprint density at radius 1 is 1.26 bits per heavy atom. The molecule has 0 radical (unpaired) electrons. The zero-order valence-corrected chi connectivity index (χ0v) is 16.6. The van der Waals surface area contributed by atoms with Crippen LogP contribution in [0.3, 0.4) is 0 Å². The van der Waals surface area contributed by atoms with E-state index in [1.165, 1.54) is 37.3 Å². The van der Waals surface area contributed by atoms with Crippen molar-refractivity contribution < 1.29 is 14.3 Å². The van der Waals surface area contributed by atoms with Gasteiger partial charge in [-0.15, -0.1) is 0 Å². The third kappa shape index (κ3) is 4.05. The lowest BCUT2D eigenvalue weighted by Crippen LogP contribution is -2.43. The minimum Gasteiger partial charge on any atom is -0.494 e. The summed E-state index contributed by atoms with van der Waals surface area (Å²) in [4.78, 5) is 22.7. The molecule has 0 N–H and O–H groups in total. The summed E-state index contributed by atoms with van der Waals surface area (Å²) in [6.45, 7) is 7.05. The Labute approximate surface area is 161 Å². The summed E-state index contributed by atoms with van der Waals surface area (Å²) in [6.07, 6.45) is 10.6. The molecule has 1 aliphatic heterocycles. The first-order chi connectivity index (χ1) is 13.1. The molecule has 0 bridgehead atoms. The van der Waals surface area contributed by atoms with Crippen LogP contribution in [0.5, 0.6) is 11.5 Å². The second kappa shape index (κ2) is 8.65. The zero-order chi connectivity index (χ0) is 19.4. The first-order valence-electron chi connectivity index (χ1n) is 9.68. The van der Waals surface area contributed by atoms with Gasteiger partial charge in [0.25, 0.3) is 0 Å². The molecular formula is C21H29N3O3. The molecule has 2 atom stereocenters. The van der Waals surface area contributed by atoms with Gasteiger partial charge >= 0.3 is 0 Å². The molecule has 27 heavy (non-hydrogen) atoms. The summed E-state index contributed by atoms with van der Waals surface area (Å²) in [5.74, 6) is 0.902. The largest absolute Gasteiger partial charge is 0.494 e. The van der Waals surface area contributed by atoms with Crippen LogP contribution in [0.15, 0.2) is 28.5 Å². The summed E-state index contributed by atoms with van der Waals surface area (Å²) in [5.41, 5.74) is 3.15. The van der Waals surface area contributed by atoms with Gasteiger partial charge in [0.05, 0.1) is 31.7 Å². The maximum atomic E-state index is 11.5. The van der Waals surface area contributed by atoms with Crippen molar-refractivity contribution in [1.82, 2.24) is 9.88 Å². The number of ether oxygens (including phenoxy) is 2. The van der Waals surface area contributed by atoms with E-state index in [0.29, 0.717) is 29.7 Å². The Morgan fingerprint density at radius 3 is 2.70 bits per heavy atom. The van der Waals surface area contributed by atoms with E-state index < -0.39 is 0 Å². The highest BCUT2D eigenvalue weighted by atomic mass is 16.5. The number of carbonyl (C=O) groups excluding carboxylic acids is 1. The van der Waals surface area contributed by atoms with Crippen LogP contribution in [-0.2, 0) is 0 Å². The molecule has 6 nitrogen and oxygen atoms in total. The highest BCUT2D eigenvalue weighted by Gasteiger charge is 2.33. The van der Waals surface area contributed by atoms with Gasteiger partial charge in [-0.25, -0.2) is 0 Å². The highest BCUT2D eigenvalue weighted by molar-refractivity contribution is 5.83. The molecule has 1 aliphatic carbocycles. The molecule has 1 aromatic rings. The Morgan fingerprint density at radius 2 is 2.00 bits per heavy atom. The predicted molar refractivity (Wildman–Crippen MR) is 106 cm³/mol. The van der Waals surface area contributed by atoms with Gasteiger partial charge < -0.3 is 9.47 Å². The summed E-state index contributed by atoms with van der Waals surface area (Å²) < 4.78 is 11.2. The molecule has 0 spiro atoms. The fraction of sp³-hybridized carbons (Fsp3) is 0.571. The van der Waals surface area contributed by atoms with Crippen LogP contribution in [0.25, 0.3) is 0 Å². The third-order valence-electron chi connectivity index (χ3n) is 5.43. The number of methoxy groups -OCH3 is 1. The van der Waals surface area contributed by atoms with Crippen LogP contribution >= 0.6 is 0 Å². The molecule has 6 heteroatoms. The van der Waals surface area contributed by atoms with Crippen molar-refractivity contribution >= 4 is 12.5 Å². The Balaban J connectivity index is 1.84. The topological polar surface area (TPSA) is 64.0 Å². The smallest absolute Gasteiger partial charge is 0.157 e. The third-order valence-corrected chi connectivity index (χ3v) is 5.43. The van der Waals surface area contributed by atoms with E-state index in [1.54, 1.807) is 6.20 Å². The number of carbonyl (C=O) groups is 1. The lowest BCUT2D eigenvalue weighted by Gasteiger charge is -2.35. The van der Waals surface area contributed by atoms with Crippen molar-refractivity contribution in [2.45, 2.75) is 64.7 Å². The molecule has 146 valence electrons. The normalized spacial score (nSPS) is 23.1. The Hall–Kier alpha value is -2.21. The molecule has 0 saturated heterocycles. The van der Waals surface area contributed by atoms with Crippen molar-refractivity contribution in [1.29, 1.82) is 0 Å². The molecule has 0 saturated carbocycles. The van der Waals surface area contributed by atoms with Crippen LogP contribution in [0.4, 0.5) is 0 Å². The fourth-order valence-electron chi connectivity index (χ4n) is 4.12. The first-order valence-corrected chi connectivity index (χ1v) is 9.68. The van der Waals surface area contributed by atoms with Crippen LogP contribution < -0.4 is 9.47 Å². The molecule has 0 amide bonds. The lowest BCUT2D eigenvalue weighted by molar-refractivity contribution is 0.111. The van der Waals surface area contributed by atoms with E-state index in [2.05, 4.69) is 41.9 Å². The van der Waals surface area contributed by atoms with Crippen molar-refractivity contribution in [3.05, 3.63) is 29.1 Å². The van der Waals surface area contributed by atoms with E-state index >= 15 is 0 Å². The lowest BCUT2D eigenvalue weighted by atomic mass is 9.87. The van der Waals surface area contributed by atoms with Gasteiger partial charge in [-0.3, -0.25) is 19.7 Å². The minimum absolute atomic E-state index is 0.204. The summed E-state index contributed by atoms with van der Waals surface area (Å²) in [7, 11) is 1.52. The van der Waals surface area contributed by atoms with Crippen molar-refractivity contribution in [2.75, 3.05) is 13.7 Å². The van der Waals surface area contributed by atoms with Crippen LogP contribution in [0.1, 0.15) is 56.8 Å². The van der Waals surface area contributed by atoms with E-state index in [-0.39, 0.29) is 12.2 Å². The van der Waals surface area contributed by atoms with Gasteiger partial charge in [-0.1, -0.05) is 0 Å². The average Bonchev–Trinajstić information content (AvgIpc) is 3.07. The van der Waals surface area contributed by atoms with Gasteiger partial charge in [0.2, 0.25) is 0 Å². The quantitative estimate of drug-likeness (QED) is 0.541. The van der Waals surface area contributed by atoms with Crippen molar-refractivity contribution in [3.63, 3.8) is 0 Å². The summed E-state index contributed by atoms with van der Waals surface area (Å²) in [5, 5.41) is 0. The minimum atomic E-state index is 0.204. The predicted octanol–water partition coefficient (Wildman–Crippen LogP) is 3.66. The Kier molecular flexibility index (Phi) is 6.26. The Bertz CT molecular complexity index is 742. The molecule has 2 aliphatic rings. The number of aliphatic imine (C=N–C) groups is 1. The maximum Gasteiger partial charge on any atom is 0.157 e. The fourth-order valence-corrected chi connectivity index (χ4v) is 4.12. The first kappa shape index (κ1) is 19.5. The van der Waals surface area contributed by atoms with Gasteiger partial charge in [0, 0.05) is 12.3 Å². The van der Waals surface area contributed by atoms with E-state index in [4.69, 9.17) is 9.47 Å². The van der Waals surface area contributed by atoms with Gasteiger partial charge in [-0.2, -0.15) is 0 Å². The number of pyridine rings is 1. The van der Waals surface area contributed by atoms with Gasteiger partial charge in [0.15, 0.2) is 17.8 Å². The second-order valence-electron chi connectivity index (χ2n) is 7.41. The van der Waals surface area contributed by atoms with Crippen LogP contribution in [-0.4, -0.2) is 54.4 Å². The SMILES string of the molecule is COc1cncc(OCC2=C(C3C=NC(C)N3C(C)C)CCCC2)c1C=O. The number of aromatic nitrogens is 1. The molecule has 2 unspecified atom stereocenters. The molecule has 1 aromatic heterocycles. The van der Waals surface area contributed by atoms with Gasteiger partial charge in [0.1, 0.15) is 12.2 Å². The van der Waals surface area contributed by atoms with Crippen LogP contribution in [0.2, 0.25) is 0 Å². The highest BCUT2D eigenvalue weighted by Crippen LogP contribution is 2.33. The van der Waals surface area contributed by atoms with E-state index in [9.17, 15) is 4.79 Å². The average molecular weight is 371 g/mol.